The number of nitrogens with one attached hydrogen (secondary N) is 1. The van der Waals surface area contributed by atoms with Crippen molar-refractivity contribution in [2.45, 2.75) is 11.9 Å². The van der Waals surface area contributed by atoms with Gasteiger partial charge in [0.25, 0.3) is 10.0 Å². The van der Waals surface area contributed by atoms with E-state index in [0.717, 1.165) is 0 Å². The van der Waals surface area contributed by atoms with Crippen molar-refractivity contribution in [3.8, 4) is 0 Å². The van der Waals surface area contributed by atoms with Gasteiger partial charge in [-0.3, -0.25) is 4.72 Å². The normalized spacial score (nSPS) is 11.4. The molecule has 0 saturated carbocycles. The predicted octanol–water partition coefficient (Wildman–Crippen LogP) is 1.94. The minimum absolute atomic E-state index is 0.0763. The minimum atomic E-state index is -3.74. The third-order valence-electron chi connectivity index (χ3n) is 1.93. The fourth-order valence-corrected chi connectivity index (χ4v) is 2.44. The Morgan fingerprint density at radius 3 is 2.71 bits per heavy atom. The van der Waals surface area contributed by atoms with Crippen LogP contribution in [0.3, 0.4) is 0 Å². The van der Waals surface area contributed by atoms with E-state index in [1.54, 1.807) is 19.1 Å². The van der Waals surface area contributed by atoms with E-state index >= 15 is 0 Å². The summed E-state index contributed by atoms with van der Waals surface area (Å²) in [5.41, 5.74) is 0. The summed E-state index contributed by atoms with van der Waals surface area (Å²) in [6, 6.07) is 4.61. The third-order valence-corrected chi connectivity index (χ3v) is 4.12. The summed E-state index contributed by atoms with van der Waals surface area (Å²) in [6.45, 7) is 1.66. The van der Waals surface area contributed by atoms with Crippen molar-refractivity contribution in [1.82, 2.24) is 10.1 Å². The molecule has 17 heavy (non-hydrogen) atoms. The molecule has 2 aromatic rings. The quantitative estimate of drug-likeness (QED) is 0.935. The molecule has 0 unspecified atom stereocenters. The highest BCUT2D eigenvalue weighted by atomic mass is 79.9. The number of sulfonamides is 1. The van der Waals surface area contributed by atoms with Crippen LogP contribution in [0.2, 0.25) is 0 Å². The van der Waals surface area contributed by atoms with E-state index in [-0.39, 0.29) is 10.8 Å². The summed E-state index contributed by atoms with van der Waals surface area (Å²) in [6.07, 6.45) is 1.40. The highest BCUT2D eigenvalue weighted by Crippen LogP contribution is 2.26. The van der Waals surface area contributed by atoms with Crippen LogP contribution in [0, 0.1) is 6.92 Å². The third kappa shape index (κ3) is 2.47. The van der Waals surface area contributed by atoms with Gasteiger partial charge in [-0.1, -0.05) is 11.2 Å². The molecule has 0 fully saturated rings. The molecule has 90 valence electrons. The Bertz CT molecular complexity index is 624. The van der Waals surface area contributed by atoms with Crippen molar-refractivity contribution in [2.24, 2.45) is 0 Å². The summed E-state index contributed by atoms with van der Waals surface area (Å²) in [5, 5.41) is 3.51. The second-order valence-electron chi connectivity index (χ2n) is 3.17. The first-order valence-corrected chi connectivity index (χ1v) is 6.84. The fourth-order valence-electron chi connectivity index (χ4n) is 1.11. The van der Waals surface area contributed by atoms with E-state index in [1.807, 2.05) is 0 Å². The number of rotatable bonds is 3. The Hall–Kier alpha value is -1.41. The molecule has 0 atom stereocenters. The van der Waals surface area contributed by atoms with Crippen molar-refractivity contribution < 1.29 is 12.9 Å². The van der Waals surface area contributed by atoms with Gasteiger partial charge in [-0.05, 0) is 35.0 Å². The molecule has 0 saturated heterocycles. The van der Waals surface area contributed by atoms with E-state index in [0.29, 0.717) is 10.2 Å². The Kier molecular flexibility index (Phi) is 3.16. The van der Waals surface area contributed by atoms with Crippen LogP contribution in [0.25, 0.3) is 0 Å². The first-order chi connectivity index (χ1) is 8.00. The van der Waals surface area contributed by atoms with Gasteiger partial charge in [-0.2, -0.15) is 8.42 Å². The maximum Gasteiger partial charge on any atom is 0.280 e. The summed E-state index contributed by atoms with van der Waals surface area (Å²) >= 11 is 3.17. The number of hydrogen-bond acceptors (Lipinski definition) is 5. The van der Waals surface area contributed by atoms with Crippen molar-refractivity contribution >= 4 is 31.8 Å². The lowest BCUT2D eigenvalue weighted by atomic mass is 10.5. The molecule has 0 bridgehead atoms. The molecule has 6 nitrogen and oxygen atoms in total. The lowest BCUT2D eigenvalue weighted by molar-refractivity contribution is 0.399. The molecule has 0 aliphatic carbocycles. The van der Waals surface area contributed by atoms with E-state index in [2.05, 4.69) is 30.8 Å². The van der Waals surface area contributed by atoms with E-state index in [1.165, 1.54) is 12.3 Å². The monoisotopic (exact) mass is 317 g/mol. The van der Waals surface area contributed by atoms with Crippen LogP contribution in [-0.2, 0) is 10.0 Å². The first-order valence-electron chi connectivity index (χ1n) is 4.56. The smallest absolute Gasteiger partial charge is 0.280 e. The zero-order chi connectivity index (χ0) is 12.5. The molecule has 2 rings (SSSR count). The van der Waals surface area contributed by atoms with Crippen molar-refractivity contribution in [2.75, 3.05) is 4.72 Å². The topological polar surface area (TPSA) is 85.1 Å². The molecule has 0 aliphatic rings. The number of aromatic nitrogens is 2. The number of hydrogen-bond donors (Lipinski definition) is 1. The number of pyridine rings is 1. The first kappa shape index (κ1) is 12.1. The standard InChI is InChI=1S/C9H8BrN3O3S/c1-6-8(10)9(12-16-6)13-17(14,15)7-4-2-3-5-11-7/h2-5H,1H3,(H,12,13). The molecule has 0 aliphatic heterocycles. The largest absolute Gasteiger partial charge is 0.358 e. The van der Waals surface area contributed by atoms with Crippen LogP contribution in [0.4, 0.5) is 5.82 Å². The molecule has 0 amide bonds. The Balaban J connectivity index is 2.34. The Labute approximate surface area is 106 Å². The van der Waals surface area contributed by atoms with Crippen molar-refractivity contribution in [3.63, 3.8) is 0 Å². The van der Waals surface area contributed by atoms with Gasteiger partial charge < -0.3 is 4.52 Å². The highest BCUT2D eigenvalue weighted by Gasteiger charge is 2.20. The van der Waals surface area contributed by atoms with E-state index < -0.39 is 10.0 Å². The number of halogens is 1. The maximum atomic E-state index is 11.9. The van der Waals surface area contributed by atoms with Crippen LogP contribution in [0.5, 0.6) is 0 Å². The van der Waals surface area contributed by atoms with Gasteiger partial charge in [0.1, 0.15) is 10.2 Å². The van der Waals surface area contributed by atoms with Gasteiger partial charge in [0.2, 0.25) is 0 Å². The second kappa shape index (κ2) is 4.46. The number of nitrogens with zero attached hydrogens (tertiary/aromatic N) is 2. The van der Waals surface area contributed by atoms with Gasteiger partial charge in [0.15, 0.2) is 10.8 Å². The van der Waals surface area contributed by atoms with E-state index in [9.17, 15) is 8.42 Å². The molecular weight excluding hydrogens is 310 g/mol. The van der Waals surface area contributed by atoms with Gasteiger partial charge in [0, 0.05) is 6.20 Å². The number of aryl methyl sites for hydroxylation is 1. The van der Waals surface area contributed by atoms with Crippen LogP contribution in [-0.4, -0.2) is 18.6 Å². The summed E-state index contributed by atoms with van der Waals surface area (Å²) in [7, 11) is -3.74. The SMILES string of the molecule is Cc1onc(NS(=O)(=O)c2ccccn2)c1Br. The van der Waals surface area contributed by atoms with Crippen LogP contribution >= 0.6 is 15.9 Å². The molecule has 2 heterocycles. The second-order valence-corrected chi connectivity index (χ2v) is 5.60. The number of anilines is 1. The Morgan fingerprint density at radius 1 is 1.41 bits per heavy atom. The van der Waals surface area contributed by atoms with E-state index in [4.69, 9.17) is 4.52 Å². The van der Waals surface area contributed by atoms with Gasteiger partial charge in [-0.25, -0.2) is 4.98 Å². The molecule has 2 aromatic heterocycles. The Morgan fingerprint density at radius 2 is 2.18 bits per heavy atom. The van der Waals surface area contributed by atoms with Gasteiger partial charge in [-0.15, -0.1) is 0 Å². The lowest BCUT2D eigenvalue weighted by Gasteiger charge is -2.03. The van der Waals surface area contributed by atoms with Crippen molar-refractivity contribution in [3.05, 3.63) is 34.6 Å². The predicted molar refractivity (Wildman–Crippen MR) is 64.0 cm³/mol. The van der Waals surface area contributed by atoms with Gasteiger partial charge >= 0.3 is 0 Å². The molecule has 0 radical (unpaired) electrons. The highest BCUT2D eigenvalue weighted by molar-refractivity contribution is 9.10. The summed E-state index contributed by atoms with van der Waals surface area (Å²) in [4.78, 5) is 3.76. The lowest BCUT2D eigenvalue weighted by Crippen LogP contribution is -2.14. The fraction of sp³-hybridized carbons (Fsp3) is 0.111. The molecular formula is C9H8BrN3O3S. The minimum Gasteiger partial charge on any atom is -0.358 e. The maximum absolute atomic E-state index is 11.9. The van der Waals surface area contributed by atoms with Gasteiger partial charge in [0.05, 0.1) is 0 Å². The zero-order valence-corrected chi connectivity index (χ0v) is 11.1. The summed E-state index contributed by atoms with van der Waals surface area (Å²) in [5.74, 6) is 0.594. The van der Waals surface area contributed by atoms with Crippen molar-refractivity contribution in [1.29, 1.82) is 0 Å². The molecule has 0 spiro atoms. The average molecular weight is 318 g/mol. The van der Waals surface area contributed by atoms with Crippen LogP contribution in [0.15, 0.2) is 38.4 Å². The molecule has 8 heteroatoms. The molecule has 1 N–H and O–H groups in total. The van der Waals surface area contributed by atoms with Crippen LogP contribution < -0.4 is 4.72 Å². The average Bonchev–Trinajstić information content (AvgIpc) is 2.62. The molecule has 0 aromatic carbocycles. The van der Waals surface area contributed by atoms with Crippen LogP contribution in [0.1, 0.15) is 5.76 Å². The zero-order valence-electron chi connectivity index (χ0n) is 8.71. The summed E-state index contributed by atoms with van der Waals surface area (Å²) < 4.78 is 31.4.